The van der Waals surface area contributed by atoms with Gasteiger partial charge in [-0.1, -0.05) is 0 Å². The minimum Gasteiger partial charge on any atom is -0.348 e. The first-order valence-electron chi connectivity index (χ1n) is 3.56. The average molecular weight is 158 g/mol. The fraction of sp³-hybridized carbons (Fsp3) is 0.857. The molecule has 1 aliphatic heterocycles. The van der Waals surface area contributed by atoms with Gasteiger partial charge in [-0.05, 0) is 13.8 Å². The molecule has 0 aromatic heterocycles. The second kappa shape index (κ2) is 3.19. The third-order valence-electron chi connectivity index (χ3n) is 1.47. The van der Waals surface area contributed by atoms with Gasteiger partial charge < -0.3 is 14.8 Å². The monoisotopic (exact) mass is 158 g/mol. The highest BCUT2D eigenvalue weighted by molar-refractivity contribution is 5.46. The van der Waals surface area contributed by atoms with Crippen LogP contribution in [0.2, 0.25) is 0 Å². The quantitative estimate of drug-likeness (QED) is 0.578. The molecule has 0 spiro atoms. The predicted octanol–water partition coefficient (Wildman–Crippen LogP) is -0.205. The van der Waals surface area contributed by atoms with E-state index in [1.54, 1.807) is 6.41 Å². The van der Waals surface area contributed by atoms with Gasteiger partial charge in [-0.15, -0.1) is 0 Å². The maximum atomic E-state index is 9.79. The van der Waals surface area contributed by atoms with E-state index in [1.165, 1.54) is 0 Å². The van der Waals surface area contributed by atoms with Crippen LogP contribution >= 0.6 is 0 Å². The Morgan fingerprint density at radius 3 is 2.91 bits per heavy atom. The number of nitrogens with one attached hydrogen (secondary N) is 1. The van der Waals surface area contributed by atoms with Gasteiger partial charge in [0, 0.05) is 6.54 Å². The van der Waals surface area contributed by atoms with Crippen LogP contribution in [-0.4, -0.2) is 31.5 Å². The van der Waals surface area contributed by atoms with Gasteiger partial charge in [0.15, 0.2) is 5.79 Å². The first kappa shape index (κ1) is 8.49. The number of hydrogen-bond donors (Lipinski definition) is 1. The number of carbonyl (C=O) groups excluding carboxylic acids is 1. The van der Waals surface area contributed by atoms with E-state index in [2.05, 4.69) is 5.32 Å². The molecule has 1 aliphatic rings. The van der Waals surface area contributed by atoms with Gasteiger partial charge in [0.05, 0.1) is 6.61 Å². The fourth-order valence-corrected chi connectivity index (χ4v) is 1.02. The van der Waals surface area contributed by atoms with Crippen molar-refractivity contribution in [1.82, 2.24) is 5.32 Å². The molecule has 1 fully saturated rings. The maximum Gasteiger partial charge on any atom is 0.309 e. The van der Waals surface area contributed by atoms with E-state index in [0.717, 1.165) is 0 Å². The Kier molecular flexibility index (Phi) is 2.46. The fourth-order valence-electron chi connectivity index (χ4n) is 1.02. The molecule has 4 heteroatoms. The topological polar surface area (TPSA) is 47.6 Å². The molecule has 1 atom stereocenters. The molecule has 0 bridgehead atoms. The number of rotatable bonds is 3. The van der Waals surface area contributed by atoms with Crippen LogP contribution in [0.3, 0.4) is 0 Å². The summed E-state index contributed by atoms with van der Waals surface area (Å²) in [5.74, 6) is -0.505. The summed E-state index contributed by atoms with van der Waals surface area (Å²) in [5, 5.41) is 2.42. The van der Waals surface area contributed by atoms with E-state index in [9.17, 15) is 4.79 Å². The standard InChI is InChI=1S/C7H12NO3/c1-7(2)10-4-6(11-7)3-8-5-9/h6H,3-4H2,1-2H3,(H,8,9). The molecule has 0 aromatic carbocycles. The van der Waals surface area contributed by atoms with Gasteiger partial charge in [0.2, 0.25) is 0 Å². The minimum absolute atomic E-state index is 0.0357. The Hall–Kier alpha value is -0.610. The second-order valence-electron chi connectivity index (χ2n) is 2.93. The van der Waals surface area contributed by atoms with Crippen molar-refractivity contribution < 1.29 is 14.3 Å². The largest absolute Gasteiger partial charge is 0.348 e. The van der Waals surface area contributed by atoms with Crippen molar-refractivity contribution in [2.45, 2.75) is 25.7 Å². The van der Waals surface area contributed by atoms with Crippen LogP contribution in [0.4, 0.5) is 0 Å². The Labute approximate surface area is 65.9 Å². The number of amides is 1. The van der Waals surface area contributed by atoms with Crippen molar-refractivity contribution in [3.63, 3.8) is 0 Å². The lowest BCUT2D eigenvalue weighted by molar-refractivity contribution is -0.137. The number of ether oxygens (including phenoxy) is 2. The third-order valence-corrected chi connectivity index (χ3v) is 1.47. The number of hydrogen-bond acceptors (Lipinski definition) is 3. The normalized spacial score (nSPS) is 28.4. The van der Waals surface area contributed by atoms with E-state index >= 15 is 0 Å². The van der Waals surface area contributed by atoms with Gasteiger partial charge in [0.1, 0.15) is 6.10 Å². The molecule has 63 valence electrons. The molecule has 1 N–H and O–H groups in total. The summed E-state index contributed by atoms with van der Waals surface area (Å²) < 4.78 is 10.6. The highest BCUT2D eigenvalue weighted by Gasteiger charge is 2.32. The van der Waals surface area contributed by atoms with Crippen LogP contribution in [0.1, 0.15) is 13.8 Å². The molecular weight excluding hydrogens is 146 g/mol. The maximum absolute atomic E-state index is 9.79. The van der Waals surface area contributed by atoms with Crippen LogP contribution in [-0.2, 0) is 14.3 Å². The minimum atomic E-state index is -0.505. The summed E-state index contributed by atoms with van der Waals surface area (Å²) in [5.41, 5.74) is 0. The van der Waals surface area contributed by atoms with Gasteiger partial charge >= 0.3 is 6.41 Å². The predicted molar refractivity (Wildman–Crippen MR) is 38.6 cm³/mol. The highest BCUT2D eigenvalue weighted by atomic mass is 16.7. The molecule has 1 saturated heterocycles. The van der Waals surface area contributed by atoms with Crippen LogP contribution < -0.4 is 5.32 Å². The lowest BCUT2D eigenvalue weighted by Crippen LogP contribution is -2.29. The molecule has 0 saturated carbocycles. The molecule has 0 aliphatic carbocycles. The molecule has 1 radical (unpaired) electrons. The smallest absolute Gasteiger partial charge is 0.309 e. The van der Waals surface area contributed by atoms with Crippen LogP contribution in [0.5, 0.6) is 0 Å². The average Bonchev–Trinajstić information content (AvgIpc) is 2.26. The van der Waals surface area contributed by atoms with Crippen LogP contribution in [0, 0.1) is 0 Å². The molecule has 4 nitrogen and oxygen atoms in total. The third kappa shape index (κ3) is 2.48. The van der Waals surface area contributed by atoms with Crippen molar-refractivity contribution in [2.24, 2.45) is 0 Å². The first-order valence-corrected chi connectivity index (χ1v) is 3.56. The Morgan fingerprint density at radius 1 is 1.73 bits per heavy atom. The SMILES string of the molecule is CC1(C)OCC(CN[C]=O)O1. The molecule has 1 amide bonds. The highest BCUT2D eigenvalue weighted by Crippen LogP contribution is 2.21. The summed E-state index contributed by atoms with van der Waals surface area (Å²) in [6, 6.07) is 0. The van der Waals surface area contributed by atoms with E-state index < -0.39 is 5.79 Å². The van der Waals surface area contributed by atoms with Gasteiger partial charge in [-0.25, -0.2) is 0 Å². The van der Waals surface area contributed by atoms with Crippen LogP contribution in [0.15, 0.2) is 0 Å². The van der Waals surface area contributed by atoms with Crippen LogP contribution in [0.25, 0.3) is 0 Å². The lowest BCUT2D eigenvalue weighted by Gasteiger charge is -2.16. The summed E-state index contributed by atoms with van der Waals surface area (Å²) in [6.07, 6.45) is 1.55. The lowest BCUT2D eigenvalue weighted by atomic mass is 10.4. The van der Waals surface area contributed by atoms with Crippen molar-refractivity contribution in [3.05, 3.63) is 0 Å². The van der Waals surface area contributed by atoms with Crippen molar-refractivity contribution in [1.29, 1.82) is 0 Å². The first-order chi connectivity index (χ1) is 5.14. The molecule has 1 rings (SSSR count). The van der Waals surface area contributed by atoms with E-state index in [1.807, 2.05) is 13.8 Å². The zero-order valence-corrected chi connectivity index (χ0v) is 6.72. The second-order valence-corrected chi connectivity index (χ2v) is 2.93. The van der Waals surface area contributed by atoms with E-state index in [-0.39, 0.29) is 6.10 Å². The molecular formula is C7H12NO3. The molecule has 1 unspecified atom stereocenters. The Balaban J connectivity index is 2.24. The van der Waals surface area contributed by atoms with E-state index in [0.29, 0.717) is 13.2 Å². The van der Waals surface area contributed by atoms with Crippen molar-refractivity contribution >= 4 is 6.41 Å². The Morgan fingerprint density at radius 2 is 2.45 bits per heavy atom. The summed E-state index contributed by atoms with van der Waals surface area (Å²) in [6.45, 7) is 4.68. The molecule has 1 heterocycles. The van der Waals surface area contributed by atoms with Gasteiger partial charge in [0.25, 0.3) is 0 Å². The zero-order chi connectivity index (χ0) is 8.32. The Bertz CT molecular complexity index is 147. The molecule has 11 heavy (non-hydrogen) atoms. The molecule has 0 aromatic rings. The van der Waals surface area contributed by atoms with E-state index in [4.69, 9.17) is 9.47 Å². The summed E-state index contributed by atoms with van der Waals surface area (Å²) in [4.78, 5) is 9.79. The van der Waals surface area contributed by atoms with Crippen molar-refractivity contribution in [3.8, 4) is 0 Å². The zero-order valence-electron chi connectivity index (χ0n) is 6.72. The summed E-state index contributed by atoms with van der Waals surface area (Å²) >= 11 is 0. The summed E-state index contributed by atoms with van der Waals surface area (Å²) in [7, 11) is 0. The van der Waals surface area contributed by atoms with Gasteiger partial charge in [-0.2, -0.15) is 0 Å². The van der Waals surface area contributed by atoms with Crippen molar-refractivity contribution in [2.75, 3.05) is 13.2 Å². The van der Waals surface area contributed by atoms with Gasteiger partial charge in [-0.3, -0.25) is 4.79 Å².